The van der Waals surface area contributed by atoms with Crippen LogP contribution in [0.25, 0.3) is 11.1 Å². The van der Waals surface area contributed by atoms with Crippen LogP contribution in [0, 0.1) is 0 Å². The number of aromatic amines is 1. The van der Waals surface area contributed by atoms with Crippen LogP contribution in [0.1, 0.15) is 48.7 Å². The van der Waals surface area contributed by atoms with Gasteiger partial charge < -0.3 is 26.7 Å². The van der Waals surface area contributed by atoms with Crippen LogP contribution >= 0.6 is 0 Å². The van der Waals surface area contributed by atoms with E-state index in [2.05, 4.69) is 15.1 Å². The predicted octanol–water partition coefficient (Wildman–Crippen LogP) is 0.172. The van der Waals surface area contributed by atoms with Crippen LogP contribution in [0.2, 0.25) is 0 Å². The molecule has 7 heteroatoms. The van der Waals surface area contributed by atoms with E-state index in [4.69, 9.17) is 9.26 Å². The van der Waals surface area contributed by atoms with Crippen LogP contribution in [0.15, 0.2) is 33.6 Å². The van der Waals surface area contributed by atoms with Gasteiger partial charge in [-0.05, 0) is 30.5 Å². The number of rotatable bonds is 4. The average molecular weight is 361 g/mol. The SMILES string of the molecule is COc1ccc(Cc2nc3c(C4CCCC4)noc3c(=O)[nH]2)cc1.[Cl-]. The molecule has 6 nitrogen and oxygen atoms in total. The Bertz CT molecular complexity index is 911. The van der Waals surface area contributed by atoms with Gasteiger partial charge in [0, 0.05) is 12.3 Å². The van der Waals surface area contributed by atoms with Crippen molar-refractivity contribution in [3.8, 4) is 5.75 Å². The number of H-pyrrole nitrogens is 1. The summed E-state index contributed by atoms with van der Waals surface area (Å²) in [4.78, 5) is 19.7. The van der Waals surface area contributed by atoms with Crippen molar-refractivity contribution in [2.45, 2.75) is 38.0 Å². The summed E-state index contributed by atoms with van der Waals surface area (Å²) in [6.07, 6.45) is 5.11. The highest BCUT2D eigenvalue weighted by molar-refractivity contribution is 5.74. The Kier molecular flexibility index (Phi) is 5.08. The number of aromatic nitrogens is 3. The molecule has 3 aromatic rings. The first-order chi connectivity index (χ1) is 11.7. The summed E-state index contributed by atoms with van der Waals surface area (Å²) in [5.74, 6) is 1.78. The van der Waals surface area contributed by atoms with E-state index in [1.807, 2.05) is 24.3 Å². The normalized spacial score (nSPS) is 14.6. The molecule has 1 aliphatic rings. The van der Waals surface area contributed by atoms with Crippen LogP contribution in [0.4, 0.5) is 0 Å². The molecule has 4 rings (SSSR count). The van der Waals surface area contributed by atoms with E-state index < -0.39 is 0 Å². The van der Waals surface area contributed by atoms with E-state index in [0.717, 1.165) is 29.8 Å². The number of hydrogen-bond acceptors (Lipinski definition) is 5. The molecule has 0 unspecified atom stereocenters. The largest absolute Gasteiger partial charge is 1.00 e. The fraction of sp³-hybridized carbons (Fsp3) is 0.389. The van der Waals surface area contributed by atoms with E-state index in [1.54, 1.807) is 7.11 Å². The molecular weight excluding hydrogens is 342 g/mol. The first-order valence-electron chi connectivity index (χ1n) is 8.26. The number of fused-ring (bicyclic) bond motifs is 1. The number of hydrogen-bond donors (Lipinski definition) is 1. The van der Waals surface area contributed by atoms with Crippen LogP contribution in [0.5, 0.6) is 5.75 Å². The smallest absolute Gasteiger partial charge is 0.297 e. The first kappa shape index (κ1) is 17.5. The predicted molar refractivity (Wildman–Crippen MR) is 89.4 cm³/mol. The lowest BCUT2D eigenvalue weighted by atomic mass is 10.0. The minimum absolute atomic E-state index is 0. The van der Waals surface area contributed by atoms with Crippen LogP contribution in [-0.2, 0) is 6.42 Å². The van der Waals surface area contributed by atoms with Crippen molar-refractivity contribution in [2.75, 3.05) is 7.11 Å². The zero-order valence-corrected chi connectivity index (χ0v) is 14.7. The Morgan fingerprint density at radius 2 is 1.96 bits per heavy atom. The molecule has 0 spiro atoms. The topological polar surface area (TPSA) is 81.0 Å². The molecule has 25 heavy (non-hydrogen) atoms. The average Bonchev–Trinajstić information content (AvgIpc) is 3.24. The summed E-state index contributed by atoms with van der Waals surface area (Å²) in [5.41, 5.74) is 2.48. The third-order valence-corrected chi connectivity index (χ3v) is 4.68. The molecule has 132 valence electrons. The summed E-state index contributed by atoms with van der Waals surface area (Å²) >= 11 is 0. The van der Waals surface area contributed by atoms with Gasteiger partial charge in [-0.15, -0.1) is 0 Å². The number of methoxy groups -OCH3 is 1. The third-order valence-electron chi connectivity index (χ3n) is 4.68. The zero-order chi connectivity index (χ0) is 16.5. The summed E-state index contributed by atoms with van der Waals surface area (Å²) in [6.45, 7) is 0. The summed E-state index contributed by atoms with van der Waals surface area (Å²) in [6, 6.07) is 7.73. The Hall–Kier alpha value is -2.34. The molecule has 1 N–H and O–H groups in total. The molecule has 1 aromatic carbocycles. The number of nitrogens with one attached hydrogen (secondary N) is 1. The third kappa shape index (κ3) is 3.39. The molecule has 0 amide bonds. The Morgan fingerprint density at radius 3 is 2.64 bits per heavy atom. The quantitative estimate of drug-likeness (QED) is 0.717. The molecule has 1 saturated carbocycles. The van der Waals surface area contributed by atoms with Gasteiger partial charge in [-0.25, -0.2) is 4.98 Å². The van der Waals surface area contributed by atoms with Gasteiger partial charge in [0.25, 0.3) is 5.56 Å². The zero-order valence-electron chi connectivity index (χ0n) is 13.9. The van der Waals surface area contributed by atoms with Gasteiger partial charge >= 0.3 is 0 Å². The van der Waals surface area contributed by atoms with Crippen LogP contribution in [0.3, 0.4) is 0 Å². The minimum Gasteiger partial charge on any atom is -1.00 e. The highest BCUT2D eigenvalue weighted by Crippen LogP contribution is 2.35. The summed E-state index contributed by atoms with van der Waals surface area (Å²) in [7, 11) is 1.64. The van der Waals surface area contributed by atoms with E-state index in [9.17, 15) is 4.79 Å². The van der Waals surface area contributed by atoms with Gasteiger partial charge in [0.15, 0.2) is 0 Å². The van der Waals surface area contributed by atoms with Crippen molar-refractivity contribution in [3.05, 3.63) is 51.7 Å². The first-order valence-corrected chi connectivity index (χ1v) is 8.26. The van der Waals surface area contributed by atoms with Crippen molar-refractivity contribution in [3.63, 3.8) is 0 Å². The highest BCUT2D eigenvalue weighted by atomic mass is 35.5. The van der Waals surface area contributed by atoms with Crippen molar-refractivity contribution in [1.29, 1.82) is 0 Å². The monoisotopic (exact) mass is 360 g/mol. The molecule has 1 aliphatic carbocycles. The van der Waals surface area contributed by atoms with Crippen molar-refractivity contribution < 1.29 is 21.7 Å². The van der Waals surface area contributed by atoms with Crippen molar-refractivity contribution >= 4 is 11.1 Å². The molecule has 0 aliphatic heterocycles. The number of nitrogens with zero attached hydrogens (tertiary/aromatic N) is 2. The van der Waals surface area contributed by atoms with Gasteiger partial charge in [0.05, 0.1) is 7.11 Å². The van der Waals surface area contributed by atoms with E-state index in [0.29, 0.717) is 23.7 Å². The van der Waals surface area contributed by atoms with E-state index >= 15 is 0 Å². The number of benzene rings is 1. The molecular formula is C18H19ClN3O3-. The lowest BCUT2D eigenvalue weighted by Crippen LogP contribution is -3.00. The fourth-order valence-electron chi connectivity index (χ4n) is 3.39. The van der Waals surface area contributed by atoms with Gasteiger partial charge in [0.2, 0.25) is 5.58 Å². The molecule has 2 heterocycles. The maximum atomic E-state index is 12.3. The van der Waals surface area contributed by atoms with Gasteiger partial charge in [-0.3, -0.25) is 4.79 Å². The lowest BCUT2D eigenvalue weighted by Gasteiger charge is -2.05. The second kappa shape index (κ2) is 7.27. The Labute approximate surface area is 151 Å². The lowest BCUT2D eigenvalue weighted by molar-refractivity contribution is -0.00000580. The van der Waals surface area contributed by atoms with E-state index in [1.165, 1.54) is 12.8 Å². The Morgan fingerprint density at radius 1 is 1.24 bits per heavy atom. The number of halogens is 1. The molecule has 0 atom stereocenters. The van der Waals surface area contributed by atoms with Crippen molar-refractivity contribution in [2.24, 2.45) is 0 Å². The second-order valence-electron chi connectivity index (χ2n) is 6.26. The molecule has 0 bridgehead atoms. The van der Waals surface area contributed by atoms with Crippen LogP contribution < -0.4 is 22.7 Å². The summed E-state index contributed by atoms with van der Waals surface area (Å²) in [5, 5.41) is 4.13. The second-order valence-corrected chi connectivity index (χ2v) is 6.26. The maximum Gasteiger partial charge on any atom is 0.297 e. The van der Waals surface area contributed by atoms with Gasteiger partial charge in [-0.2, -0.15) is 0 Å². The standard InChI is InChI=1S/C18H19N3O3.ClH/c1-23-13-8-6-11(7-9-13)10-14-19-16-15(12-4-2-3-5-12)21-24-17(16)18(22)20-14;/h6-9,12H,2-5,10H2,1H3,(H,19,20,22);1H/p-1. The maximum absolute atomic E-state index is 12.3. The van der Waals surface area contributed by atoms with Crippen molar-refractivity contribution in [1.82, 2.24) is 15.1 Å². The summed E-state index contributed by atoms with van der Waals surface area (Å²) < 4.78 is 10.4. The van der Waals surface area contributed by atoms with Crippen LogP contribution in [-0.4, -0.2) is 22.2 Å². The fourth-order valence-corrected chi connectivity index (χ4v) is 3.39. The molecule has 0 radical (unpaired) electrons. The molecule has 0 saturated heterocycles. The van der Waals surface area contributed by atoms with Gasteiger partial charge in [-0.1, -0.05) is 30.1 Å². The number of ether oxygens (including phenoxy) is 1. The highest BCUT2D eigenvalue weighted by Gasteiger charge is 2.25. The molecule has 2 aromatic heterocycles. The van der Waals surface area contributed by atoms with Gasteiger partial charge in [0.1, 0.15) is 22.8 Å². The molecule has 1 fully saturated rings. The minimum atomic E-state index is -0.264. The van der Waals surface area contributed by atoms with E-state index in [-0.39, 0.29) is 23.5 Å². The Balaban J connectivity index is 0.00000182.